The second-order valence-electron chi connectivity index (χ2n) is 7.56. The van der Waals surface area contributed by atoms with Gasteiger partial charge in [0, 0.05) is 32.5 Å². The van der Waals surface area contributed by atoms with Crippen LogP contribution in [0.4, 0.5) is 5.69 Å². The van der Waals surface area contributed by atoms with Crippen LogP contribution in [-0.4, -0.2) is 26.8 Å². The molecule has 0 aliphatic heterocycles. The number of hydrogen-bond acceptors (Lipinski definition) is 4. The Kier molecular flexibility index (Phi) is 9.49. The number of rotatable bonds is 6. The number of anilines is 1. The predicted molar refractivity (Wildman–Crippen MR) is 135 cm³/mol. The summed E-state index contributed by atoms with van der Waals surface area (Å²) in [4.78, 5) is 17.8. The van der Waals surface area contributed by atoms with Crippen molar-refractivity contribution in [2.45, 2.75) is 39.7 Å². The second-order valence-corrected chi connectivity index (χ2v) is 10.4. The van der Waals surface area contributed by atoms with Crippen molar-refractivity contribution in [1.29, 1.82) is 0 Å². The zero-order valence-electron chi connectivity index (χ0n) is 18.6. The molecule has 0 spiro atoms. The maximum absolute atomic E-state index is 13.0. The molecule has 1 aliphatic carbocycles. The summed E-state index contributed by atoms with van der Waals surface area (Å²) in [6.45, 7) is 5.60. The summed E-state index contributed by atoms with van der Waals surface area (Å²) in [7, 11) is -3.32. The molecule has 0 saturated carbocycles. The molecule has 0 radical (unpaired) electrons. The highest BCUT2D eigenvalue weighted by molar-refractivity contribution is 7.94. The molecule has 5 nitrogen and oxygen atoms in total. The first-order valence-electron chi connectivity index (χ1n) is 10.2. The van der Waals surface area contributed by atoms with Crippen LogP contribution in [0.3, 0.4) is 0 Å². The third-order valence-electron chi connectivity index (χ3n) is 4.86. The molecule has 1 N–H and O–H groups in total. The Hall–Kier alpha value is -2.15. The summed E-state index contributed by atoms with van der Waals surface area (Å²) in [6.07, 6.45) is 12.3. The van der Waals surface area contributed by atoms with Gasteiger partial charge >= 0.3 is 0 Å². The molecule has 1 aromatic rings. The van der Waals surface area contributed by atoms with Crippen molar-refractivity contribution in [1.82, 2.24) is 0 Å². The van der Waals surface area contributed by atoms with E-state index in [1.165, 1.54) is 6.26 Å². The highest BCUT2D eigenvalue weighted by atomic mass is 35.5. The van der Waals surface area contributed by atoms with E-state index in [1.54, 1.807) is 42.6 Å². The topological polar surface area (TPSA) is 75.6 Å². The SMILES string of the molecule is CC=CC(N=CC)c1cc(NC(=O)C2=CCC=C(S(C)(=O)=O)CC(C)C=C2Cl)ccc1Cl. The number of carbonyl (C=O) groups excluding carboxylic acids is 1. The van der Waals surface area contributed by atoms with Gasteiger partial charge in [0.25, 0.3) is 5.91 Å². The first kappa shape index (κ1) is 26.1. The molecule has 32 heavy (non-hydrogen) atoms. The summed E-state index contributed by atoms with van der Waals surface area (Å²) in [5, 5.41) is 3.70. The van der Waals surface area contributed by atoms with E-state index in [-0.39, 0.29) is 34.9 Å². The van der Waals surface area contributed by atoms with Crippen LogP contribution >= 0.6 is 23.2 Å². The summed E-state index contributed by atoms with van der Waals surface area (Å²) in [5.74, 6) is -0.530. The van der Waals surface area contributed by atoms with Crippen LogP contribution in [0.5, 0.6) is 0 Å². The zero-order valence-corrected chi connectivity index (χ0v) is 20.9. The van der Waals surface area contributed by atoms with Crippen LogP contribution in [0.1, 0.15) is 45.2 Å². The van der Waals surface area contributed by atoms with Gasteiger partial charge in [-0.2, -0.15) is 0 Å². The summed E-state index contributed by atoms with van der Waals surface area (Å²) < 4.78 is 24.0. The van der Waals surface area contributed by atoms with Crippen LogP contribution < -0.4 is 5.32 Å². The molecule has 1 aliphatic rings. The molecule has 1 amide bonds. The lowest BCUT2D eigenvalue weighted by Gasteiger charge is -2.14. The quantitative estimate of drug-likeness (QED) is 0.367. The maximum Gasteiger partial charge on any atom is 0.256 e. The van der Waals surface area contributed by atoms with Gasteiger partial charge in [-0.1, -0.05) is 60.5 Å². The molecule has 2 atom stereocenters. The number of aliphatic imine (C=N–C) groups is 1. The lowest BCUT2D eigenvalue weighted by molar-refractivity contribution is -0.112. The zero-order chi connectivity index (χ0) is 23.9. The van der Waals surface area contributed by atoms with E-state index in [0.29, 0.717) is 22.0 Å². The lowest BCUT2D eigenvalue weighted by Crippen LogP contribution is -2.15. The molecule has 0 heterocycles. The second kappa shape index (κ2) is 11.6. The summed E-state index contributed by atoms with van der Waals surface area (Å²) in [6, 6.07) is 4.95. The Balaban J connectivity index is 2.36. The number of sulfone groups is 1. The van der Waals surface area contributed by atoms with Crippen molar-refractivity contribution in [3.63, 3.8) is 0 Å². The minimum absolute atomic E-state index is 0.145. The molecule has 1 aromatic carbocycles. The van der Waals surface area contributed by atoms with Crippen LogP contribution in [0.25, 0.3) is 0 Å². The highest BCUT2D eigenvalue weighted by Gasteiger charge is 2.20. The molecule has 0 aromatic heterocycles. The molecule has 172 valence electrons. The molecular formula is C24H28Cl2N2O3S. The number of halogens is 2. The molecule has 2 unspecified atom stereocenters. The normalized spacial score (nSPS) is 18.9. The fraction of sp³-hybridized carbons (Fsp3) is 0.333. The van der Waals surface area contributed by atoms with E-state index in [9.17, 15) is 13.2 Å². The average Bonchev–Trinajstić information content (AvgIpc) is 2.77. The molecule has 8 heteroatoms. The average molecular weight is 495 g/mol. The van der Waals surface area contributed by atoms with Crippen molar-refractivity contribution in [3.05, 3.63) is 74.7 Å². The predicted octanol–water partition coefficient (Wildman–Crippen LogP) is 6.39. The minimum atomic E-state index is -3.32. The monoisotopic (exact) mass is 494 g/mol. The third-order valence-corrected chi connectivity index (χ3v) is 6.82. The fourth-order valence-electron chi connectivity index (χ4n) is 3.33. The van der Waals surface area contributed by atoms with Crippen LogP contribution in [0.2, 0.25) is 5.02 Å². The molecule has 0 bridgehead atoms. The first-order chi connectivity index (χ1) is 15.1. The van der Waals surface area contributed by atoms with Gasteiger partial charge in [-0.15, -0.1) is 0 Å². The molecule has 2 rings (SSSR count). The molecule has 0 saturated heterocycles. The van der Waals surface area contributed by atoms with Gasteiger partial charge in [0.15, 0.2) is 9.84 Å². The van der Waals surface area contributed by atoms with Crippen molar-refractivity contribution < 1.29 is 13.2 Å². The smallest absolute Gasteiger partial charge is 0.256 e. The maximum atomic E-state index is 13.0. The van der Waals surface area contributed by atoms with Gasteiger partial charge in [0.05, 0.1) is 11.6 Å². The van der Waals surface area contributed by atoms with Gasteiger partial charge in [-0.25, -0.2) is 8.42 Å². The Morgan fingerprint density at radius 2 is 1.97 bits per heavy atom. The first-order valence-corrected chi connectivity index (χ1v) is 12.9. The van der Waals surface area contributed by atoms with Gasteiger partial charge in [0.2, 0.25) is 0 Å². The van der Waals surface area contributed by atoms with E-state index in [1.807, 2.05) is 32.9 Å². The number of hydrogen-bond donors (Lipinski definition) is 1. The number of allylic oxidation sites excluding steroid dienone is 5. The Morgan fingerprint density at radius 1 is 1.25 bits per heavy atom. The Morgan fingerprint density at radius 3 is 2.59 bits per heavy atom. The van der Waals surface area contributed by atoms with E-state index in [2.05, 4.69) is 10.3 Å². The Bertz CT molecular complexity index is 1100. The van der Waals surface area contributed by atoms with E-state index in [0.717, 1.165) is 5.56 Å². The molecular weight excluding hydrogens is 467 g/mol. The van der Waals surface area contributed by atoms with Gasteiger partial charge < -0.3 is 5.32 Å². The summed E-state index contributed by atoms with van der Waals surface area (Å²) >= 11 is 12.8. The van der Waals surface area contributed by atoms with Crippen molar-refractivity contribution >= 4 is 50.8 Å². The number of benzene rings is 1. The number of nitrogens with zero attached hydrogens (tertiary/aromatic N) is 1. The van der Waals surface area contributed by atoms with Gasteiger partial charge in [-0.3, -0.25) is 9.79 Å². The van der Waals surface area contributed by atoms with E-state index >= 15 is 0 Å². The number of carbonyl (C=O) groups is 1. The standard InChI is InChI=1S/C24H28Cl2N2O3S/c1-5-8-23(27-6-2)20-15-17(11-12-21(20)25)28-24(29)19-10-7-9-18(32(4,30)31)13-16(3)14-22(19)26/h5-6,8-12,14-16,23H,7,13H2,1-4H3,(H,28,29). The van der Waals surface area contributed by atoms with Crippen LogP contribution in [0.15, 0.2) is 69.1 Å². The van der Waals surface area contributed by atoms with Gasteiger partial charge in [-0.05, 0) is 57.0 Å². The van der Waals surface area contributed by atoms with Crippen molar-refractivity contribution in [2.75, 3.05) is 11.6 Å². The van der Waals surface area contributed by atoms with E-state index < -0.39 is 9.84 Å². The van der Waals surface area contributed by atoms with Crippen molar-refractivity contribution in [3.8, 4) is 0 Å². The Labute approximate surface area is 200 Å². The summed E-state index contributed by atoms with van der Waals surface area (Å²) in [5.41, 5.74) is 1.61. The highest BCUT2D eigenvalue weighted by Crippen LogP contribution is 2.31. The van der Waals surface area contributed by atoms with Crippen LogP contribution in [0, 0.1) is 5.92 Å². The molecule has 0 fully saturated rings. The lowest BCUT2D eigenvalue weighted by atomic mass is 10.0. The number of amides is 1. The van der Waals surface area contributed by atoms with Gasteiger partial charge in [0.1, 0.15) is 0 Å². The third kappa shape index (κ3) is 7.19. The van der Waals surface area contributed by atoms with Crippen LogP contribution in [-0.2, 0) is 14.6 Å². The number of nitrogens with one attached hydrogen (secondary N) is 1. The van der Waals surface area contributed by atoms with Crippen molar-refractivity contribution in [2.24, 2.45) is 10.9 Å². The minimum Gasteiger partial charge on any atom is -0.322 e. The largest absolute Gasteiger partial charge is 0.322 e. The fourth-order valence-corrected chi connectivity index (χ4v) is 4.90. The van der Waals surface area contributed by atoms with E-state index in [4.69, 9.17) is 23.2 Å².